The van der Waals surface area contributed by atoms with Gasteiger partial charge in [-0.1, -0.05) is 18.7 Å². The molecule has 0 aliphatic carbocycles. The molecule has 0 radical (unpaired) electrons. The molecule has 19 heavy (non-hydrogen) atoms. The van der Waals surface area contributed by atoms with Crippen LogP contribution in [0.15, 0.2) is 36.4 Å². The molecule has 0 atom stereocenters. The lowest BCUT2D eigenvalue weighted by molar-refractivity contribution is -0.124. The summed E-state index contributed by atoms with van der Waals surface area (Å²) in [6.07, 6.45) is 0. The van der Waals surface area contributed by atoms with Crippen molar-refractivity contribution < 1.29 is 9.53 Å². The molecular formula is C15H20N2O2. The predicted octanol–water partition coefficient (Wildman–Crippen LogP) is 1.57. The van der Waals surface area contributed by atoms with Crippen LogP contribution in [0.1, 0.15) is 12.5 Å². The van der Waals surface area contributed by atoms with Crippen LogP contribution < -0.4 is 10.1 Å². The lowest BCUT2D eigenvalue weighted by Gasteiger charge is -2.26. The number of ether oxygens (including phenoxy) is 1. The normalized spacial score (nSPS) is 15.9. The molecule has 102 valence electrons. The maximum atomic E-state index is 11.3. The number of nitrogens with zero attached hydrogens (tertiary/aromatic N) is 1. The van der Waals surface area contributed by atoms with Gasteiger partial charge in [-0.2, -0.15) is 0 Å². The Balaban J connectivity index is 1.94. The summed E-state index contributed by atoms with van der Waals surface area (Å²) >= 11 is 0. The minimum atomic E-state index is 0.0981. The van der Waals surface area contributed by atoms with Gasteiger partial charge < -0.3 is 10.1 Å². The molecule has 1 aromatic carbocycles. The van der Waals surface area contributed by atoms with Crippen LogP contribution in [0, 0.1) is 0 Å². The number of rotatable bonds is 5. The lowest BCUT2D eigenvalue weighted by Crippen LogP contribution is -2.47. The lowest BCUT2D eigenvalue weighted by atomic mass is 10.2. The third kappa shape index (κ3) is 4.41. The van der Waals surface area contributed by atoms with Gasteiger partial charge in [-0.05, 0) is 30.2 Å². The highest BCUT2D eigenvalue weighted by Gasteiger charge is 2.15. The number of piperazine rings is 1. The average Bonchev–Trinajstić information content (AvgIpc) is 2.37. The maximum absolute atomic E-state index is 11.3. The zero-order chi connectivity index (χ0) is 13.7. The van der Waals surface area contributed by atoms with Gasteiger partial charge in [-0.3, -0.25) is 9.69 Å². The summed E-state index contributed by atoms with van der Waals surface area (Å²) in [5, 5.41) is 2.83. The van der Waals surface area contributed by atoms with E-state index >= 15 is 0 Å². The van der Waals surface area contributed by atoms with Crippen LogP contribution in [0.25, 0.3) is 0 Å². The van der Waals surface area contributed by atoms with Crippen molar-refractivity contribution in [1.82, 2.24) is 10.2 Å². The number of nitrogens with one attached hydrogen (secondary N) is 1. The van der Waals surface area contributed by atoms with Crippen LogP contribution in [-0.2, 0) is 11.3 Å². The number of hydrogen-bond donors (Lipinski definition) is 1. The van der Waals surface area contributed by atoms with E-state index in [0.717, 1.165) is 36.5 Å². The molecule has 4 heteroatoms. The number of benzene rings is 1. The molecule has 1 saturated heterocycles. The van der Waals surface area contributed by atoms with E-state index in [-0.39, 0.29) is 5.91 Å². The van der Waals surface area contributed by atoms with Crippen molar-refractivity contribution >= 4 is 5.91 Å². The number of amides is 1. The predicted molar refractivity (Wildman–Crippen MR) is 75.0 cm³/mol. The summed E-state index contributed by atoms with van der Waals surface area (Å²) in [6.45, 7) is 9.16. The fraction of sp³-hybridized carbons (Fsp3) is 0.400. The van der Waals surface area contributed by atoms with E-state index in [1.165, 1.54) is 0 Å². The Morgan fingerprint density at radius 3 is 3.11 bits per heavy atom. The Morgan fingerprint density at radius 1 is 1.53 bits per heavy atom. The fourth-order valence-corrected chi connectivity index (χ4v) is 2.02. The minimum absolute atomic E-state index is 0.0981. The van der Waals surface area contributed by atoms with Gasteiger partial charge in [-0.15, -0.1) is 0 Å². The van der Waals surface area contributed by atoms with Gasteiger partial charge in [0.1, 0.15) is 12.4 Å². The highest BCUT2D eigenvalue weighted by atomic mass is 16.5. The quantitative estimate of drug-likeness (QED) is 0.817. The molecule has 0 saturated carbocycles. The van der Waals surface area contributed by atoms with Gasteiger partial charge in [-0.25, -0.2) is 0 Å². The van der Waals surface area contributed by atoms with Gasteiger partial charge in [0.25, 0.3) is 0 Å². The summed E-state index contributed by atoms with van der Waals surface area (Å²) in [5.74, 6) is 0.947. The van der Waals surface area contributed by atoms with E-state index in [1.54, 1.807) is 0 Å². The second-order valence-electron chi connectivity index (χ2n) is 4.95. The Bertz CT molecular complexity index is 471. The van der Waals surface area contributed by atoms with Crippen molar-refractivity contribution in [3.8, 4) is 5.75 Å². The van der Waals surface area contributed by atoms with Crippen LogP contribution in [0.5, 0.6) is 5.75 Å². The van der Waals surface area contributed by atoms with Crippen molar-refractivity contribution in [1.29, 1.82) is 0 Å². The van der Waals surface area contributed by atoms with Gasteiger partial charge in [0.2, 0.25) is 5.91 Å². The van der Waals surface area contributed by atoms with Crippen molar-refractivity contribution in [3.05, 3.63) is 42.0 Å². The van der Waals surface area contributed by atoms with E-state index in [0.29, 0.717) is 13.2 Å². The van der Waals surface area contributed by atoms with Crippen LogP contribution in [0.3, 0.4) is 0 Å². The summed E-state index contributed by atoms with van der Waals surface area (Å²) in [7, 11) is 0. The zero-order valence-electron chi connectivity index (χ0n) is 11.3. The summed E-state index contributed by atoms with van der Waals surface area (Å²) in [6, 6.07) is 8.00. The second kappa shape index (κ2) is 6.38. The average molecular weight is 260 g/mol. The molecule has 0 aromatic heterocycles. The molecule has 4 nitrogen and oxygen atoms in total. The van der Waals surface area contributed by atoms with Crippen molar-refractivity contribution in [2.75, 3.05) is 26.2 Å². The third-order valence-electron chi connectivity index (χ3n) is 2.91. The SMILES string of the molecule is C=C(C)COc1cccc(CN2CCNC(=O)C2)c1. The molecule has 0 unspecified atom stereocenters. The van der Waals surface area contributed by atoms with Gasteiger partial charge in [0.05, 0.1) is 6.54 Å². The van der Waals surface area contributed by atoms with Crippen LogP contribution in [0.4, 0.5) is 0 Å². The zero-order valence-corrected chi connectivity index (χ0v) is 11.3. The fourth-order valence-electron chi connectivity index (χ4n) is 2.02. The summed E-state index contributed by atoms with van der Waals surface area (Å²) in [4.78, 5) is 13.5. The van der Waals surface area contributed by atoms with Gasteiger partial charge in [0.15, 0.2) is 0 Å². The molecule has 1 N–H and O–H groups in total. The summed E-state index contributed by atoms with van der Waals surface area (Å²) < 4.78 is 5.62. The van der Waals surface area contributed by atoms with E-state index in [1.807, 2.05) is 25.1 Å². The number of hydrogen-bond acceptors (Lipinski definition) is 3. The molecule has 1 heterocycles. The highest BCUT2D eigenvalue weighted by molar-refractivity contribution is 5.78. The second-order valence-corrected chi connectivity index (χ2v) is 4.95. The van der Waals surface area contributed by atoms with Gasteiger partial charge >= 0.3 is 0 Å². The molecule has 0 spiro atoms. The van der Waals surface area contributed by atoms with Crippen LogP contribution in [0.2, 0.25) is 0 Å². The first kappa shape index (κ1) is 13.6. The molecule has 1 aromatic rings. The van der Waals surface area contributed by atoms with E-state index in [9.17, 15) is 4.79 Å². The first-order chi connectivity index (χ1) is 9.13. The molecule has 1 fully saturated rings. The van der Waals surface area contributed by atoms with Crippen molar-refractivity contribution in [3.63, 3.8) is 0 Å². The molecule has 1 aliphatic rings. The standard InChI is InChI=1S/C15H20N2O2/c1-12(2)11-19-14-5-3-4-13(8-14)9-17-7-6-16-15(18)10-17/h3-5,8H,1,6-7,9-11H2,2H3,(H,16,18). The molecule has 1 aliphatic heterocycles. The van der Waals surface area contributed by atoms with E-state index in [4.69, 9.17) is 4.74 Å². The summed E-state index contributed by atoms with van der Waals surface area (Å²) in [5.41, 5.74) is 2.16. The van der Waals surface area contributed by atoms with E-state index < -0.39 is 0 Å². The van der Waals surface area contributed by atoms with Crippen molar-refractivity contribution in [2.45, 2.75) is 13.5 Å². The van der Waals surface area contributed by atoms with E-state index in [2.05, 4.69) is 22.9 Å². The maximum Gasteiger partial charge on any atom is 0.234 e. The largest absolute Gasteiger partial charge is 0.489 e. The van der Waals surface area contributed by atoms with Crippen molar-refractivity contribution in [2.24, 2.45) is 0 Å². The monoisotopic (exact) mass is 260 g/mol. The minimum Gasteiger partial charge on any atom is -0.489 e. The number of carbonyl (C=O) groups is 1. The molecule has 0 bridgehead atoms. The third-order valence-corrected chi connectivity index (χ3v) is 2.91. The first-order valence-corrected chi connectivity index (χ1v) is 6.48. The topological polar surface area (TPSA) is 41.6 Å². The Kier molecular flexibility index (Phi) is 4.58. The number of carbonyl (C=O) groups excluding carboxylic acids is 1. The van der Waals surface area contributed by atoms with Crippen LogP contribution in [-0.4, -0.2) is 37.0 Å². The highest BCUT2D eigenvalue weighted by Crippen LogP contribution is 2.15. The molecular weight excluding hydrogens is 240 g/mol. The molecule has 2 rings (SSSR count). The Hall–Kier alpha value is -1.81. The first-order valence-electron chi connectivity index (χ1n) is 6.48. The smallest absolute Gasteiger partial charge is 0.234 e. The van der Waals surface area contributed by atoms with Crippen LogP contribution >= 0.6 is 0 Å². The molecule has 1 amide bonds. The Labute approximate surface area is 114 Å². The Morgan fingerprint density at radius 2 is 2.37 bits per heavy atom. The van der Waals surface area contributed by atoms with Gasteiger partial charge in [0, 0.05) is 19.6 Å².